The van der Waals surface area contributed by atoms with Gasteiger partial charge in [0.05, 0.1) is 11.9 Å². The predicted octanol–water partition coefficient (Wildman–Crippen LogP) is 2.35. The summed E-state index contributed by atoms with van der Waals surface area (Å²) in [6.07, 6.45) is 4.84. The van der Waals surface area contributed by atoms with Crippen LogP contribution in [0.3, 0.4) is 0 Å². The lowest BCUT2D eigenvalue weighted by atomic mass is 9.93. The molecule has 0 amide bonds. The zero-order valence-electron chi connectivity index (χ0n) is 16.7. The molecule has 158 valence electrons. The monoisotopic (exact) mass is 436 g/mol. The summed E-state index contributed by atoms with van der Waals surface area (Å²) in [5.74, 6) is 0.994. The molecule has 2 aromatic heterocycles. The number of aromatic amines is 1. The smallest absolute Gasteiger partial charge is 0.251 e. The van der Waals surface area contributed by atoms with Crippen molar-refractivity contribution in [1.82, 2.24) is 19.2 Å². The van der Waals surface area contributed by atoms with Gasteiger partial charge in [-0.1, -0.05) is 0 Å². The third-order valence-corrected chi connectivity index (χ3v) is 8.01. The van der Waals surface area contributed by atoms with E-state index < -0.39 is 10.0 Å². The van der Waals surface area contributed by atoms with Gasteiger partial charge in [0.25, 0.3) is 5.56 Å². The lowest BCUT2D eigenvalue weighted by molar-refractivity contribution is 0.201. The van der Waals surface area contributed by atoms with Crippen LogP contribution in [0.25, 0.3) is 0 Å². The molecule has 0 aliphatic carbocycles. The van der Waals surface area contributed by atoms with Crippen molar-refractivity contribution in [2.45, 2.75) is 44.1 Å². The van der Waals surface area contributed by atoms with Crippen molar-refractivity contribution in [3.8, 4) is 0 Å². The number of piperidine rings is 2. The van der Waals surface area contributed by atoms with Gasteiger partial charge in [-0.05, 0) is 61.2 Å². The van der Waals surface area contributed by atoms with Crippen molar-refractivity contribution in [3.05, 3.63) is 50.3 Å². The second kappa shape index (κ2) is 8.67. The number of hydrogen-bond donors (Lipinski definition) is 1. The van der Waals surface area contributed by atoms with Crippen LogP contribution in [0.2, 0.25) is 0 Å². The molecule has 4 heterocycles. The first-order valence-electron chi connectivity index (χ1n) is 10.2. The van der Waals surface area contributed by atoms with E-state index in [0.717, 1.165) is 56.8 Å². The van der Waals surface area contributed by atoms with Gasteiger partial charge in [0.15, 0.2) is 0 Å². The van der Waals surface area contributed by atoms with Crippen molar-refractivity contribution >= 4 is 21.4 Å². The van der Waals surface area contributed by atoms with Crippen LogP contribution in [0.4, 0.5) is 0 Å². The van der Waals surface area contributed by atoms with E-state index in [-0.39, 0.29) is 17.4 Å². The van der Waals surface area contributed by atoms with Crippen LogP contribution >= 0.6 is 11.3 Å². The fourth-order valence-corrected chi connectivity index (χ4v) is 5.96. The number of nitrogens with one attached hydrogen (secondary N) is 1. The van der Waals surface area contributed by atoms with Gasteiger partial charge in [0.2, 0.25) is 10.0 Å². The summed E-state index contributed by atoms with van der Waals surface area (Å²) in [5.41, 5.74) is 1.95. The van der Waals surface area contributed by atoms with Crippen molar-refractivity contribution in [2.24, 2.45) is 0 Å². The standard InChI is InChI=1S/C20H28N4O3S2/c1-29(26,27)24-7-2-3-17(13-24)18-11-19(25)22-20(21-18)16-4-8-23(9-5-16)12-15-6-10-28-14-15/h6,10-11,14,16-17H,2-5,7-9,12-13H2,1H3,(H,21,22,25)/t17-/m0/s1. The maximum Gasteiger partial charge on any atom is 0.251 e. The van der Waals surface area contributed by atoms with Gasteiger partial charge in [0.1, 0.15) is 5.82 Å². The second-order valence-corrected chi connectivity index (χ2v) is 11.0. The molecule has 9 heteroatoms. The third kappa shape index (κ3) is 5.14. The number of H-pyrrole nitrogens is 1. The van der Waals surface area contributed by atoms with Crippen LogP contribution in [-0.2, 0) is 16.6 Å². The Morgan fingerprint density at radius 3 is 2.69 bits per heavy atom. The van der Waals surface area contributed by atoms with Gasteiger partial charge < -0.3 is 4.98 Å². The lowest BCUT2D eigenvalue weighted by Crippen LogP contribution is -2.39. The number of hydrogen-bond acceptors (Lipinski definition) is 6. The zero-order chi connectivity index (χ0) is 20.4. The summed E-state index contributed by atoms with van der Waals surface area (Å²) in [6.45, 7) is 3.91. The molecule has 29 heavy (non-hydrogen) atoms. The molecule has 2 fully saturated rings. The Bertz CT molecular complexity index is 979. The zero-order valence-corrected chi connectivity index (χ0v) is 18.3. The number of thiophene rings is 1. The Labute approximate surface area is 175 Å². The normalized spacial score (nSPS) is 22.7. The number of likely N-dealkylation sites (tertiary alicyclic amines) is 1. The molecule has 0 unspecified atom stereocenters. The highest BCUT2D eigenvalue weighted by atomic mass is 32.2. The molecule has 1 N–H and O–H groups in total. The summed E-state index contributed by atoms with van der Waals surface area (Å²) in [7, 11) is -3.22. The fraction of sp³-hybridized carbons (Fsp3) is 0.600. The molecule has 0 saturated carbocycles. The third-order valence-electron chi connectivity index (χ3n) is 6.01. The summed E-state index contributed by atoms with van der Waals surface area (Å²) >= 11 is 1.73. The molecule has 0 radical (unpaired) electrons. The number of aromatic nitrogens is 2. The summed E-state index contributed by atoms with van der Waals surface area (Å²) in [6, 6.07) is 3.72. The van der Waals surface area contributed by atoms with Crippen LogP contribution in [0.1, 0.15) is 54.6 Å². The summed E-state index contributed by atoms with van der Waals surface area (Å²) in [5, 5.41) is 4.30. The molecule has 2 aliphatic rings. The minimum absolute atomic E-state index is 0.0156. The second-order valence-electron chi connectivity index (χ2n) is 8.20. The number of nitrogens with zero attached hydrogens (tertiary/aromatic N) is 3. The largest absolute Gasteiger partial charge is 0.310 e. The minimum atomic E-state index is -3.22. The van der Waals surface area contributed by atoms with Gasteiger partial charge >= 0.3 is 0 Å². The molecule has 0 bridgehead atoms. The van der Waals surface area contributed by atoms with Crippen molar-refractivity contribution in [1.29, 1.82) is 0 Å². The fourth-order valence-electron chi connectivity index (χ4n) is 4.39. The van der Waals surface area contributed by atoms with Gasteiger partial charge in [0, 0.05) is 37.5 Å². The van der Waals surface area contributed by atoms with Crippen LogP contribution in [0.5, 0.6) is 0 Å². The average Bonchev–Trinajstić information content (AvgIpc) is 3.21. The molecule has 1 atom stereocenters. The van der Waals surface area contributed by atoms with Crippen molar-refractivity contribution < 1.29 is 8.42 Å². The maximum atomic E-state index is 12.3. The summed E-state index contributed by atoms with van der Waals surface area (Å²) < 4.78 is 25.4. The number of rotatable bonds is 5. The summed E-state index contributed by atoms with van der Waals surface area (Å²) in [4.78, 5) is 22.5. The van der Waals surface area contributed by atoms with Crippen LogP contribution < -0.4 is 5.56 Å². The van der Waals surface area contributed by atoms with E-state index in [0.29, 0.717) is 13.1 Å². The topological polar surface area (TPSA) is 86.4 Å². The van der Waals surface area contributed by atoms with Crippen LogP contribution in [0.15, 0.2) is 27.7 Å². The molecule has 2 aromatic rings. The van der Waals surface area contributed by atoms with Gasteiger partial charge in [-0.2, -0.15) is 11.3 Å². The van der Waals surface area contributed by atoms with Crippen molar-refractivity contribution in [2.75, 3.05) is 32.4 Å². The van der Waals surface area contributed by atoms with E-state index in [1.54, 1.807) is 17.4 Å². The first kappa shape index (κ1) is 20.7. The van der Waals surface area contributed by atoms with Gasteiger partial charge in [-0.25, -0.2) is 17.7 Å². The molecule has 2 saturated heterocycles. The Morgan fingerprint density at radius 1 is 1.21 bits per heavy atom. The van der Waals surface area contributed by atoms with E-state index in [4.69, 9.17) is 4.98 Å². The highest BCUT2D eigenvalue weighted by Gasteiger charge is 2.29. The van der Waals surface area contributed by atoms with Crippen LogP contribution in [-0.4, -0.2) is 60.0 Å². The van der Waals surface area contributed by atoms with Crippen LogP contribution in [0, 0.1) is 0 Å². The highest BCUT2D eigenvalue weighted by Crippen LogP contribution is 2.29. The Morgan fingerprint density at radius 2 is 2.00 bits per heavy atom. The SMILES string of the molecule is CS(=O)(=O)N1CCC[C@H](c2cc(=O)[nH]c(C3CCN(Cc4ccsc4)CC3)n2)C1. The molecular weight excluding hydrogens is 408 g/mol. The molecule has 7 nitrogen and oxygen atoms in total. The molecule has 0 aromatic carbocycles. The van der Waals surface area contributed by atoms with Crippen molar-refractivity contribution in [3.63, 3.8) is 0 Å². The Hall–Kier alpha value is -1.55. The van der Waals surface area contributed by atoms with Gasteiger partial charge in [-0.3, -0.25) is 9.69 Å². The minimum Gasteiger partial charge on any atom is -0.310 e. The maximum absolute atomic E-state index is 12.3. The van der Waals surface area contributed by atoms with E-state index in [2.05, 4.69) is 26.7 Å². The highest BCUT2D eigenvalue weighted by molar-refractivity contribution is 7.88. The van der Waals surface area contributed by atoms with E-state index in [9.17, 15) is 13.2 Å². The van der Waals surface area contributed by atoms with Gasteiger partial charge in [-0.15, -0.1) is 0 Å². The quantitative estimate of drug-likeness (QED) is 0.778. The first-order chi connectivity index (χ1) is 13.9. The Kier molecular flexibility index (Phi) is 6.19. The van der Waals surface area contributed by atoms with E-state index in [1.165, 1.54) is 16.1 Å². The molecule has 0 spiro atoms. The van der Waals surface area contributed by atoms with E-state index >= 15 is 0 Å². The average molecular weight is 437 g/mol. The Balaban J connectivity index is 1.44. The lowest BCUT2D eigenvalue weighted by Gasteiger charge is -2.32. The molecule has 4 rings (SSSR count). The number of sulfonamides is 1. The van der Waals surface area contributed by atoms with E-state index in [1.807, 2.05) is 0 Å². The first-order valence-corrected chi connectivity index (χ1v) is 13.0. The predicted molar refractivity (Wildman–Crippen MR) is 115 cm³/mol. The molecular formula is C20H28N4O3S2. The molecule has 2 aliphatic heterocycles.